The zero-order chi connectivity index (χ0) is 9.34. The summed E-state index contributed by atoms with van der Waals surface area (Å²) >= 11 is 0. The molecule has 5 aliphatic rings. The molecule has 5 rings (SSSR count). The van der Waals surface area contributed by atoms with E-state index in [9.17, 15) is 4.79 Å². The van der Waals surface area contributed by atoms with Crippen LogP contribution in [0, 0.1) is 23.7 Å². The Morgan fingerprint density at radius 2 is 1.50 bits per heavy atom. The molecule has 0 radical (unpaired) electrons. The number of amides is 1. The molecule has 4 aliphatic carbocycles. The van der Waals surface area contributed by atoms with E-state index in [1.807, 2.05) is 0 Å². The van der Waals surface area contributed by atoms with Crippen LogP contribution in [0.3, 0.4) is 0 Å². The van der Waals surface area contributed by atoms with Crippen molar-refractivity contribution in [3.05, 3.63) is 0 Å². The summed E-state index contributed by atoms with van der Waals surface area (Å²) in [5.74, 6) is 4.02. The maximum absolute atomic E-state index is 11.2. The first kappa shape index (κ1) is 7.72. The summed E-state index contributed by atoms with van der Waals surface area (Å²) in [6.07, 6.45) is 7.99. The standard InChI is InChI=1S/C12H17NO/c14-11-6-12(13-11)9-2-7-1-8(4-9)5-10(12)3-7/h7-10H,1-6H2,(H,13,14). The Bertz CT molecular complexity index is 271. The molecule has 1 heterocycles. The molecule has 1 saturated heterocycles. The molecule has 1 amide bonds. The number of β-lactam (4-membered cyclic amide) rings is 1. The normalized spacial score (nSPS) is 58.7. The van der Waals surface area contributed by atoms with Gasteiger partial charge in [-0.2, -0.15) is 0 Å². The van der Waals surface area contributed by atoms with Crippen molar-refractivity contribution in [2.75, 3.05) is 0 Å². The molecule has 4 saturated carbocycles. The van der Waals surface area contributed by atoms with Crippen molar-refractivity contribution < 1.29 is 4.79 Å². The first-order valence-electron chi connectivity index (χ1n) is 6.07. The van der Waals surface area contributed by atoms with Gasteiger partial charge in [0.15, 0.2) is 0 Å². The Kier molecular flexibility index (Phi) is 1.20. The van der Waals surface area contributed by atoms with Crippen LogP contribution in [0.25, 0.3) is 0 Å². The van der Waals surface area contributed by atoms with Gasteiger partial charge < -0.3 is 5.32 Å². The Morgan fingerprint density at radius 3 is 1.93 bits per heavy atom. The molecule has 2 heteroatoms. The fourth-order valence-electron chi connectivity index (χ4n) is 5.02. The van der Waals surface area contributed by atoms with Gasteiger partial charge in [0, 0.05) is 0 Å². The highest BCUT2D eigenvalue weighted by molar-refractivity contribution is 5.85. The Balaban J connectivity index is 1.71. The van der Waals surface area contributed by atoms with Crippen molar-refractivity contribution in [3.63, 3.8) is 0 Å². The first-order valence-corrected chi connectivity index (χ1v) is 6.07. The Hall–Kier alpha value is -0.530. The van der Waals surface area contributed by atoms with Gasteiger partial charge in [-0.1, -0.05) is 0 Å². The molecule has 2 nitrogen and oxygen atoms in total. The minimum atomic E-state index is 0.296. The number of carbonyl (C=O) groups is 1. The van der Waals surface area contributed by atoms with Crippen molar-refractivity contribution in [3.8, 4) is 0 Å². The van der Waals surface area contributed by atoms with Gasteiger partial charge in [-0.3, -0.25) is 4.79 Å². The second-order valence-corrected chi connectivity index (χ2v) is 6.07. The summed E-state index contributed by atoms with van der Waals surface area (Å²) in [5, 5.41) is 3.26. The van der Waals surface area contributed by atoms with Gasteiger partial charge in [0.1, 0.15) is 0 Å². The number of carbonyl (C=O) groups excluding carboxylic acids is 1. The van der Waals surface area contributed by atoms with Crippen LogP contribution in [0.1, 0.15) is 38.5 Å². The maximum atomic E-state index is 11.2. The largest absolute Gasteiger partial charge is 0.350 e. The van der Waals surface area contributed by atoms with E-state index >= 15 is 0 Å². The van der Waals surface area contributed by atoms with Crippen LogP contribution in [0.4, 0.5) is 0 Å². The summed E-state index contributed by atoms with van der Waals surface area (Å²) in [6.45, 7) is 0. The van der Waals surface area contributed by atoms with Gasteiger partial charge >= 0.3 is 0 Å². The summed E-state index contributed by atoms with van der Waals surface area (Å²) in [6, 6.07) is 0. The van der Waals surface area contributed by atoms with Gasteiger partial charge in [0.25, 0.3) is 0 Å². The smallest absolute Gasteiger partial charge is 0.222 e. The number of hydrogen-bond acceptors (Lipinski definition) is 1. The SMILES string of the molecule is O=C1CC2(N1)C1CC3CC(C1)CC2C3. The maximum Gasteiger partial charge on any atom is 0.222 e. The summed E-state index contributed by atoms with van der Waals surface area (Å²) in [7, 11) is 0. The number of rotatable bonds is 0. The molecule has 1 aliphatic heterocycles. The summed E-state index contributed by atoms with van der Waals surface area (Å²) < 4.78 is 0. The van der Waals surface area contributed by atoms with Crippen LogP contribution in [-0.4, -0.2) is 11.4 Å². The monoisotopic (exact) mass is 191 g/mol. The zero-order valence-electron chi connectivity index (χ0n) is 8.46. The predicted molar refractivity (Wildman–Crippen MR) is 52.5 cm³/mol. The van der Waals surface area contributed by atoms with E-state index in [0.29, 0.717) is 11.4 Å². The van der Waals surface area contributed by atoms with Crippen LogP contribution in [0.2, 0.25) is 0 Å². The lowest BCUT2D eigenvalue weighted by Gasteiger charge is -2.64. The minimum absolute atomic E-state index is 0.296. The topological polar surface area (TPSA) is 29.1 Å². The lowest BCUT2D eigenvalue weighted by atomic mass is 9.46. The molecule has 0 atom stereocenters. The molecule has 14 heavy (non-hydrogen) atoms. The van der Waals surface area contributed by atoms with E-state index in [-0.39, 0.29) is 0 Å². The lowest BCUT2D eigenvalue weighted by molar-refractivity contribution is -0.155. The highest BCUT2D eigenvalue weighted by Crippen LogP contribution is 2.60. The third kappa shape index (κ3) is 0.731. The average molecular weight is 191 g/mol. The number of nitrogens with one attached hydrogen (secondary N) is 1. The second-order valence-electron chi connectivity index (χ2n) is 6.07. The molecular formula is C12H17NO. The molecular weight excluding hydrogens is 174 g/mol. The van der Waals surface area contributed by atoms with E-state index in [1.54, 1.807) is 0 Å². The third-order valence-corrected chi connectivity index (χ3v) is 5.42. The fourth-order valence-corrected chi connectivity index (χ4v) is 5.02. The molecule has 0 aromatic carbocycles. The average Bonchev–Trinajstić information content (AvgIpc) is 2.08. The van der Waals surface area contributed by atoms with Crippen LogP contribution in [0.15, 0.2) is 0 Å². The van der Waals surface area contributed by atoms with Crippen LogP contribution in [-0.2, 0) is 4.79 Å². The van der Waals surface area contributed by atoms with E-state index in [4.69, 9.17) is 0 Å². The predicted octanol–water partition coefficient (Wildman–Crippen LogP) is 1.70. The Morgan fingerprint density at radius 1 is 1.00 bits per heavy atom. The fraction of sp³-hybridized carbons (Fsp3) is 0.917. The quantitative estimate of drug-likeness (QED) is 0.580. The van der Waals surface area contributed by atoms with Crippen molar-refractivity contribution in [2.45, 2.75) is 44.1 Å². The number of hydrogen-bond donors (Lipinski definition) is 1. The first-order chi connectivity index (χ1) is 6.76. The van der Waals surface area contributed by atoms with Gasteiger partial charge in [0.2, 0.25) is 5.91 Å². The highest BCUT2D eigenvalue weighted by Gasteiger charge is 2.61. The summed E-state index contributed by atoms with van der Waals surface area (Å²) in [4.78, 5) is 11.2. The highest BCUT2D eigenvalue weighted by atomic mass is 16.2. The molecule has 0 aromatic rings. The molecule has 76 valence electrons. The molecule has 0 unspecified atom stereocenters. The van der Waals surface area contributed by atoms with Crippen molar-refractivity contribution in [1.29, 1.82) is 0 Å². The van der Waals surface area contributed by atoms with E-state index in [1.165, 1.54) is 32.1 Å². The summed E-state index contributed by atoms with van der Waals surface area (Å²) in [5.41, 5.74) is 0.296. The van der Waals surface area contributed by atoms with Crippen LogP contribution in [0.5, 0.6) is 0 Å². The van der Waals surface area contributed by atoms with Gasteiger partial charge in [-0.15, -0.1) is 0 Å². The van der Waals surface area contributed by atoms with Crippen molar-refractivity contribution in [1.82, 2.24) is 5.32 Å². The molecule has 0 aromatic heterocycles. The molecule has 4 bridgehead atoms. The van der Waals surface area contributed by atoms with E-state index in [2.05, 4.69) is 5.32 Å². The molecule has 5 fully saturated rings. The van der Waals surface area contributed by atoms with Gasteiger partial charge in [-0.05, 0) is 55.8 Å². The van der Waals surface area contributed by atoms with Crippen molar-refractivity contribution in [2.24, 2.45) is 23.7 Å². The second kappa shape index (κ2) is 2.17. The Labute approximate surface area is 84.4 Å². The van der Waals surface area contributed by atoms with E-state index < -0.39 is 0 Å². The molecule has 1 spiro atoms. The minimum Gasteiger partial charge on any atom is -0.350 e. The molecule has 1 N–H and O–H groups in total. The van der Waals surface area contributed by atoms with Gasteiger partial charge in [0.05, 0.1) is 12.0 Å². The third-order valence-electron chi connectivity index (χ3n) is 5.42. The van der Waals surface area contributed by atoms with Crippen LogP contribution < -0.4 is 5.32 Å². The van der Waals surface area contributed by atoms with E-state index in [0.717, 1.165) is 30.1 Å². The van der Waals surface area contributed by atoms with Gasteiger partial charge in [-0.25, -0.2) is 0 Å². The zero-order valence-corrected chi connectivity index (χ0v) is 8.46. The lowest BCUT2D eigenvalue weighted by Crippen LogP contribution is -2.73. The van der Waals surface area contributed by atoms with Crippen molar-refractivity contribution >= 4 is 5.91 Å². The van der Waals surface area contributed by atoms with Crippen LogP contribution >= 0.6 is 0 Å².